The van der Waals surface area contributed by atoms with Crippen molar-refractivity contribution in [3.63, 3.8) is 0 Å². The highest BCUT2D eigenvalue weighted by molar-refractivity contribution is 6.26. The van der Waals surface area contributed by atoms with Gasteiger partial charge in [0, 0.05) is 45.6 Å². The number of aromatic nitrogens is 8. The Hall–Kier alpha value is -12.0. The summed E-state index contributed by atoms with van der Waals surface area (Å²) in [6.07, 6.45) is 9.00. The number of benzene rings is 11. The standard InChI is InChI=1S/C83H50N8/c1-47-54(39-42-71-55(47)40-43-73(85-71)78-80-76(65-23-7-10-28-69(65)86-78)88-82-64(26-14-44-90(80)82)62-35-32-52-31-30-50-18-12-19-51-33-36-63(62)75(52)74(50)51)60-37-38-61(59-22-6-5-21-58(59)60)67-45-53(57-25-13-17-48-15-2-4-20-56(48)57)46-91-81-77(89-83(67)91)66-24-8-11-29-70(66)87-79(81)72-41-34-49-16-3-9-27-68(49)84-72/h2-47,54H,1H3. The van der Waals surface area contributed by atoms with E-state index in [9.17, 15) is 0 Å². The normalized spacial score (nSPS) is 14.4. The van der Waals surface area contributed by atoms with Crippen molar-refractivity contribution in [1.29, 1.82) is 0 Å². The summed E-state index contributed by atoms with van der Waals surface area (Å²) in [7, 11) is 0. The Morgan fingerprint density at radius 1 is 0.341 bits per heavy atom. The van der Waals surface area contributed by atoms with Crippen LogP contribution in [0.3, 0.4) is 0 Å². The number of imidazole rings is 2. The molecule has 8 nitrogen and oxygen atoms in total. The summed E-state index contributed by atoms with van der Waals surface area (Å²) in [5.74, 6) is 0.165. The van der Waals surface area contributed by atoms with Crippen molar-refractivity contribution in [2.24, 2.45) is 0 Å². The van der Waals surface area contributed by atoms with Crippen LogP contribution in [0.25, 0.3) is 182 Å². The fraction of sp³-hybridized carbons (Fsp3) is 0.0361. The van der Waals surface area contributed by atoms with Gasteiger partial charge in [-0.05, 0) is 148 Å². The molecule has 0 N–H and O–H groups in total. The number of hydrogen-bond acceptors (Lipinski definition) is 6. The van der Waals surface area contributed by atoms with Gasteiger partial charge in [-0.25, -0.2) is 29.9 Å². The summed E-state index contributed by atoms with van der Waals surface area (Å²) in [4.78, 5) is 33.0. The van der Waals surface area contributed by atoms with Gasteiger partial charge in [0.1, 0.15) is 44.7 Å². The number of hydrogen-bond donors (Lipinski definition) is 0. The molecule has 11 aromatic carbocycles. The first-order valence-corrected chi connectivity index (χ1v) is 31.2. The average Bonchev–Trinajstić information content (AvgIpc) is 1.69. The lowest BCUT2D eigenvalue weighted by atomic mass is 9.76. The molecule has 8 heterocycles. The van der Waals surface area contributed by atoms with E-state index in [-0.39, 0.29) is 11.8 Å². The molecule has 0 fully saturated rings. The smallest absolute Gasteiger partial charge is 0.145 e. The molecule has 1 aliphatic rings. The third-order valence-electron chi connectivity index (χ3n) is 19.7. The van der Waals surface area contributed by atoms with Crippen LogP contribution in [0.15, 0.2) is 267 Å². The highest BCUT2D eigenvalue weighted by atomic mass is 15.0. The fourth-order valence-electron chi connectivity index (χ4n) is 15.4. The number of rotatable bonds is 6. The first-order valence-electron chi connectivity index (χ1n) is 31.2. The minimum Gasteiger partial charge on any atom is -0.297 e. The molecule has 0 saturated carbocycles. The molecule has 20 rings (SSSR count). The Balaban J connectivity index is 0.730. The molecule has 0 amide bonds. The van der Waals surface area contributed by atoms with E-state index in [1.807, 2.05) is 6.07 Å². The summed E-state index contributed by atoms with van der Waals surface area (Å²) < 4.78 is 4.53. The van der Waals surface area contributed by atoms with E-state index < -0.39 is 0 Å². The Labute approximate surface area is 520 Å². The zero-order chi connectivity index (χ0) is 59.6. The van der Waals surface area contributed by atoms with Crippen LogP contribution < -0.4 is 0 Å². The van der Waals surface area contributed by atoms with Crippen LogP contribution in [-0.2, 0) is 0 Å². The van der Waals surface area contributed by atoms with Gasteiger partial charge in [0.2, 0.25) is 0 Å². The van der Waals surface area contributed by atoms with E-state index in [2.05, 4.69) is 283 Å². The molecule has 422 valence electrons. The van der Waals surface area contributed by atoms with Crippen LogP contribution in [0.1, 0.15) is 35.6 Å². The highest BCUT2D eigenvalue weighted by Gasteiger charge is 2.30. The molecule has 91 heavy (non-hydrogen) atoms. The largest absolute Gasteiger partial charge is 0.297 e. The van der Waals surface area contributed by atoms with Crippen LogP contribution in [0.2, 0.25) is 0 Å². The predicted molar refractivity (Wildman–Crippen MR) is 375 cm³/mol. The zero-order valence-corrected chi connectivity index (χ0v) is 49.2. The molecule has 0 radical (unpaired) electrons. The Morgan fingerprint density at radius 2 is 0.890 bits per heavy atom. The van der Waals surface area contributed by atoms with Crippen molar-refractivity contribution in [2.75, 3.05) is 0 Å². The third-order valence-corrected chi connectivity index (χ3v) is 19.7. The second-order valence-corrected chi connectivity index (χ2v) is 24.5. The predicted octanol–water partition coefficient (Wildman–Crippen LogP) is 20.8. The lowest BCUT2D eigenvalue weighted by molar-refractivity contribution is 0.669. The average molecular weight is 1160 g/mol. The van der Waals surface area contributed by atoms with Crippen molar-refractivity contribution in [2.45, 2.75) is 18.8 Å². The zero-order valence-electron chi connectivity index (χ0n) is 49.2. The lowest BCUT2D eigenvalue weighted by Crippen LogP contribution is -2.13. The van der Waals surface area contributed by atoms with Crippen LogP contribution in [-0.4, -0.2) is 38.7 Å². The molecule has 2 unspecified atom stereocenters. The van der Waals surface area contributed by atoms with Gasteiger partial charge in [-0.15, -0.1) is 0 Å². The lowest BCUT2D eigenvalue weighted by Gasteiger charge is -2.28. The molecule has 2 atom stereocenters. The van der Waals surface area contributed by atoms with Crippen LogP contribution in [0.4, 0.5) is 0 Å². The first kappa shape index (κ1) is 50.0. The van der Waals surface area contributed by atoms with E-state index >= 15 is 0 Å². The maximum atomic E-state index is 5.70. The summed E-state index contributed by atoms with van der Waals surface area (Å²) in [6.45, 7) is 2.35. The molecule has 0 bridgehead atoms. The van der Waals surface area contributed by atoms with E-state index in [4.69, 9.17) is 29.9 Å². The Kier molecular flexibility index (Phi) is 10.5. The Bertz CT molecular complexity index is 6370. The van der Waals surface area contributed by atoms with Gasteiger partial charge in [0.05, 0.1) is 33.6 Å². The van der Waals surface area contributed by atoms with Crippen molar-refractivity contribution in [3.8, 4) is 56.2 Å². The second-order valence-electron chi connectivity index (χ2n) is 24.5. The van der Waals surface area contributed by atoms with E-state index in [0.717, 1.165) is 133 Å². The van der Waals surface area contributed by atoms with E-state index in [1.54, 1.807) is 0 Å². The molecule has 8 heteroatoms. The topological polar surface area (TPSA) is 86.2 Å². The molecule has 8 aromatic heterocycles. The van der Waals surface area contributed by atoms with Crippen molar-refractivity contribution >= 4 is 126 Å². The maximum absolute atomic E-state index is 5.70. The number of allylic oxidation sites excluding steroid dienone is 1. The van der Waals surface area contributed by atoms with Gasteiger partial charge in [-0.2, -0.15) is 0 Å². The molecule has 0 spiro atoms. The van der Waals surface area contributed by atoms with Crippen molar-refractivity contribution in [3.05, 3.63) is 284 Å². The van der Waals surface area contributed by atoms with Gasteiger partial charge >= 0.3 is 0 Å². The molecule has 19 aromatic rings. The minimum atomic E-state index is 0.0621. The fourth-order valence-corrected chi connectivity index (χ4v) is 15.4. The van der Waals surface area contributed by atoms with Crippen molar-refractivity contribution in [1.82, 2.24) is 38.7 Å². The van der Waals surface area contributed by atoms with E-state index in [1.165, 1.54) is 59.6 Å². The maximum Gasteiger partial charge on any atom is 0.145 e. The van der Waals surface area contributed by atoms with Crippen LogP contribution in [0, 0.1) is 0 Å². The number of para-hydroxylation sites is 3. The van der Waals surface area contributed by atoms with Gasteiger partial charge < -0.3 is 0 Å². The first-order chi connectivity index (χ1) is 45.0. The van der Waals surface area contributed by atoms with Gasteiger partial charge in [-0.3, -0.25) is 8.80 Å². The Morgan fingerprint density at radius 3 is 1.68 bits per heavy atom. The molecule has 1 aliphatic carbocycles. The molecule has 0 saturated heterocycles. The summed E-state index contributed by atoms with van der Waals surface area (Å²) in [5, 5.41) is 15.3. The van der Waals surface area contributed by atoms with Gasteiger partial charge in [0.15, 0.2) is 0 Å². The van der Waals surface area contributed by atoms with Gasteiger partial charge in [-0.1, -0.05) is 213 Å². The van der Waals surface area contributed by atoms with Crippen molar-refractivity contribution < 1.29 is 0 Å². The van der Waals surface area contributed by atoms with Crippen LogP contribution >= 0.6 is 0 Å². The second kappa shape index (κ2) is 19.0. The summed E-state index contributed by atoms with van der Waals surface area (Å²) in [6, 6.07) is 89.4. The summed E-state index contributed by atoms with van der Waals surface area (Å²) in [5.41, 5.74) is 21.2. The summed E-state index contributed by atoms with van der Waals surface area (Å²) >= 11 is 0. The number of nitrogens with zero attached hydrogens (tertiary/aromatic N) is 8. The molecular formula is C83H50N8. The molecule has 0 aliphatic heterocycles. The number of fused-ring (bicyclic) bond motifs is 14. The van der Waals surface area contributed by atoms with E-state index in [0.29, 0.717) is 0 Å². The third kappa shape index (κ3) is 7.33. The minimum absolute atomic E-state index is 0.0621. The highest BCUT2D eigenvalue weighted by Crippen LogP contribution is 2.48. The number of pyridine rings is 6. The quantitative estimate of drug-likeness (QED) is 0.154. The SMILES string of the molecule is CC1c2ccc(-c3nc4ccccc4c4nc5c(-c6ccc7ccc8cccc9ccc6c7c89)cccn5c34)nc2C=CC1c1ccc(-c2cc(-c3cccc4ccccc34)cn3c2nc2c4ccccc4nc(-c4ccc5ccccc5n4)c23)c2ccccc12. The molecular weight excluding hydrogens is 1110 g/mol. The van der Waals surface area contributed by atoms with Gasteiger partial charge in [0.25, 0.3) is 0 Å². The van der Waals surface area contributed by atoms with Crippen LogP contribution in [0.5, 0.6) is 0 Å². The monoisotopic (exact) mass is 1160 g/mol.